The highest BCUT2D eigenvalue weighted by Crippen LogP contribution is 2.58. The molecule has 1 aliphatic rings. The highest BCUT2D eigenvalue weighted by atomic mass is 35.5. The van der Waals surface area contributed by atoms with Gasteiger partial charge in [-0.25, -0.2) is 8.42 Å². The van der Waals surface area contributed by atoms with Crippen molar-refractivity contribution < 1.29 is 30.8 Å². The van der Waals surface area contributed by atoms with Crippen molar-refractivity contribution in [2.75, 3.05) is 11.8 Å². The minimum Gasteiger partial charge on any atom is -0.495 e. The van der Waals surface area contributed by atoms with Crippen LogP contribution in [-0.4, -0.2) is 31.4 Å². The van der Waals surface area contributed by atoms with Crippen LogP contribution in [0.5, 0.6) is 5.75 Å². The van der Waals surface area contributed by atoms with Crippen molar-refractivity contribution >= 4 is 38.3 Å². The number of anilines is 1. The Morgan fingerprint density at radius 1 is 1.17 bits per heavy atom. The number of pyridine rings is 1. The maximum Gasteiger partial charge on any atom is 0.392 e. The Hall–Kier alpha value is -3.51. The number of hydrogen-bond acceptors (Lipinski definition) is 6. The zero-order chi connectivity index (χ0) is 25.8. The summed E-state index contributed by atoms with van der Waals surface area (Å²) in [5.74, 6) is -2.10. The number of nitrogens with one attached hydrogen (secondary N) is 1. The molecule has 0 radical (unpaired) electrons. The van der Waals surface area contributed by atoms with E-state index in [4.69, 9.17) is 16.3 Å². The monoisotopic (exact) mass is 539 g/mol. The van der Waals surface area contributed by atoms with Gasteiger partial charge in [0.05, 0.1) is 29.1 Å². The number of methoxy groups -OCH3 is 1. The summed E-state index contributed by atoms with van der Waals surface area (Å²) >= 11 is 6.38. The van der Waals surface area contributed by atoms with Gasteiger partial charge in [-0.1, -0.05) is 16.8 Å². The molecule has 0 bridgehead atoms. The summed E-state index contributed by atoms with van der Waals surface area (Å²) < 4.78 is 78.4. The first-order chi connectivity index (χ1) is 17.0. The van der Waals surface area contributed by atoms with Crippen LogP contribution in [0.3, 0.4) is 0 Å². The van der Waals surface area contributed by atoms with Gasteiger partial charge in [-0.15, -0.1) is 0 Å². The minimum atomic E-state index is -4.33. The second-order valence-corrected chi connectivity index (χ2v) is 10.3. The van der Waals surface area contributed by atoms with Crippen molar-refractivity contribution in [1.82, 2.24) is 9.72 Å². The van der Waals surface area contributed by atoms with Gasteiger partial charge in [0.15, 0.2) is 5.82 Å². The maximum absolute atomic E-state index is 13.1. The standard InChI is InChI=1S/C23H17ClF3N3O5S/c1-34-20-10-15(14-9-16(14)23(25,26)27)17(24)11-19(20)30-18-4-3-13(8-12(18)2-5-22(30)31)36(32,33)29-21-6-7-35-28-21/h2-8,10-11,14,16H,9H2,1H3,(H,28,29)/t14-,16+/m1/s1. The van der Waals surface area contributed by atoms with Crippen molar-refractivity contribution in [3.05, 3.63) is 75.7 Å². The topological polar surface area (TPSA) is 103 Å². The molecule has 13 heteroatoms. The first-order valence-electron chi connectivity index (χ1n) is 10.5. The van der Waals surface area contributed by atoms with Crippen LogP contribution in [0, 0.1) is 5.92 Å². The van der Waals surface area contributed by atoms with Gasteiger partial charge in [-0.2, -0.15) is 13.2 Å². The van der Waals surface area contributed by atoms with Crippen LogP contribution in [0.4, 0.5) is 19.0 Å². The number of halogens is 4. The van der Waals surface area contributed by atoms with E-state index in [0.29, 0.717) is 16.5 Å². The highest BCUT2D eigenvalue weighted by Gasteiger charge is 2.56. The van der Waals surface area contributed by atoms with Crippen molar-refractivity contribution in [2.45, 2.75) is 23.4 Å². The van der Waals surface area contributed by atoms with Crippen molar-refractivity contribution in [3.8, 4) is 11.4 Å². The molecule has 0 unspecified atom stereocenters. The fourth-order valence-corrected chi connectivity index (χ4v) is 5.51. The zero-order valence-electron chi connectivity index (χ0n) is 18.4. The van der Waals surface area contributed by atoms with E-state index in [1.165, 1.54) is 66.5 Å². The van der Waals surface area contributed by atoms with Gasteiger partial charge >= 0.3 is 6.18 Å². The molecule has 2 aromatic heterocycles. The van der Waals surface area contributed by atoms with E-state index in [1.807, 2.05) is 0 Å². The smallest absolute Gasteiger partial charge is 0.392 e. The lowest BCUT2D eigenvalue weighted by Gasteiger charge is -2.17. The molecule has 2 heterocycles. The average Bonchev–Trinajstić information content (AvgIpc) is 3.48. The number of nitrogens with zero attached hydrogens (tertiary/aromatic N) is 2. The third kappa shape index (κ3) is 4.30. The number of fused-ring (bicyclic) bond motifs is 1. The van der Waals surface area contributed by atoms with Gasteiger partial charge in [-0.3, -0.25) is 14.1 Å². The molecule has 5 rings (SSSR count). The molecule has 8 nitrogen and oxygen atoms in total. The lowest BCUT2D eigenvalue weighted by Crippen LogP contribution is -2.19. The van der Waals surface area contributed by atoms with E-state index in [9.17, 15) is 26.4 Å². The molecule has 1 aliphatic carbocycles. The molecule has 188 valence electrons. The Bertz CT molecular complexity index is 1640. The molecule has 1 saturated carbocycles. The number of rotatable bonds is 6. The summed E-state index contributed by atoms with van der Waals surface area (Å²) in [5.41, 5.74) is 0.368. The first kappa shape index (κ1) is 24.2. The molecule has 2 atom stereocenters. The average molecular weight is 540 g/mol. The Labute approximate surface area is 207 Å². The summed E-state index contributed by atoms with van der Waals surface area (Å²) in [4.78, 5) is 12.8. The van der Waals surface area contributed by atoms with Gasteiger partial charge in [-0.05, 0) is 54.3 Å². The fraction of sp³-hybridized carbons (Fsp3) is 0.217. The van der Waals surface area contributed by atoms with Crippen LogP contribution in [0.1, 0.15) is 17.9 Å². The molecular formula is C23H17ClF3N3O5S. The third-order valence-electron chi connectivity index (χ3n) is 6.00. The van der Waals surface area contributed by atoms with Crippen LogP contribution in [-0.2, 0) is 10.0 Å². The minimum absolute atomic E-state index is 0.00274. The molecule has 1 N–H and O–H groups in total. The Balaban J connectivity index is 1.59. The van der Waals surface area contributed by atoms with Crippen LogP contribution < -0.4 is 15.0 Å². The van der Waals surface area contributed by atoms with Gasteiger partial charge < -0.3 is 9.26 Å². The Morgan fingerprint density at radius 3 is 2.58 bits per heavy atom. The number of alkyl halides is 3. The maximum atomic E-state index is 13.1. The molecule has 0 saturated heterocycles. The van der Waals surface area contributed by atoms with Gasteiger partial charge in [0.25, 0.3) is 15.6 Å². The van der Waals surface area contributed by atoms with Crippen LogP contribution >= 0.6 is 11.6 Å². The molecular weight excluding hydrogens is 523 g/mol. The van der Waals surface area contributed by atoms with Crippen molar-refractivity contribution in [1.29, 1.82) is 0 Å². The van der Waals surface area contributed by atoms with E-state index in [-0.39, 0.29) is 33.6 Å². The molecule has 0 spiro atoms. The summed E-state index contributed by atoms with van der Waals surface area (Å²) in [7, 11) is -2.67. The zero-order valence-corrected chi connectivity index (χ0v) is 20.0. The number of aromatic nitrogens is 2. The molecule has 0 aliphatic heterocycles. The largest absolute Gasteiger partial charge is 0.495 e. The quantitative estimate of drug-likeness (QED) is 0.365. The summed E-state index contributed by atoms with van der Waals surface area (Å²) in [6.45, 7) is 0. The van der Waals surface area contributed by atoms with E-state index in [0.717, 1.165) is 0 Å². The van der Waals surface area contributed by atoms with Crippen LogP contribution in [0.15, 0.2) is 69.0 Å². The van der Waals surface area contributed by atoms with Crippen molar-refractivity contribution in [2.24, 2.45) is 5.92 Å². The van der Waals surface area contributed by atoms with E-state index >= 15 is 0 Å². The molecule has 0 amide bonds. The van der Waals surface area contributed by atoms with Crippen LogP contribution in [0.2, 0.25) is 5.02 Å². The highest BCUT2D eigenvalue weighted by molar-refractivity contribution is 7.92. The normalized spacial score (nSPS) is 17.8. The Morgan fingerprint density at radius 2 is 1.94 bits per heavy atom. The summed E-state index contributed by atoms with van der Waals surface area (Å²) in [5, 5.41) is 4.00. The molecule has 36 heavy (non-hydrogen) atoms. The Kier molecular flexibility index (Phi) is 5.75. The number of benzene rings is 2. The molecule has 1 fully saturated rings. The van der Waals surface area contributed by atoms with E-state index in [1.54, 1.807) is 0 Å². The number of ether oxygens (including phenoxy) is 1. The van der Waals surface area contributed by atoms with Gasteiger partial charge in [0.1, 0.15) is 12.0 Å². The second kappa shape index (κ2) is 8.56. The lowest BCUT2D eigenvalue weighted by molar-refractivity contribution is -0.148. The van der Waals surface area contributed by atoms with E-state index in [2.05, 4.69) is 14.4 Å². The SMILES string of the molecule is COc1cc([C@H]2C[C@@H]2C(F)(F)F)c(Cl)cc1-n1c(=O)ccc2cc(S(=O)(=O)Nc3ccon3)ccc21. The van der Waals surface area contributed by atoms with Crippen LogP contribution in [0.25, 0.3) is 16.6 Å². The second-order valence-electron chi connectivity index (χ2n) is 8.25. The fourth-order valence-electron chi connectivity index (χ4n) is 4.18. The molecule has 4 aromatic rings. The third-order valence-corrected chi connectivity index (χ3v) is 7.68. The van der Waals surface area contributed by atoms with Crippen molar-refractivity contribution in [3.63, 3.8) is 0 Å². The van der Waals surface area contributed by atoms with Gasteiger partial charge in [0.2, 0.25) is 0 Å². The summed E-state index contributed by atoms with van der Waals surface area (Å²) in [6, 6.07) is 11.0. The number of sulfonamides is 1. The summed E-state index contributed by atoms with van der Waals surface area (Å²) in [6.07, 6.45) is -3.18. The number of hydrogen-bond donors (Lipinski definition) is 1. The molecule has 2 aromatic carbocycles. The first-order valence-corrected chi connectivity index (χ1v) is 12.4. The predicted octanol–water partition coefficient (Wildman–Crippen LogP) is 5.11. The lowest BCUT2D eigenvalue weighted by atomic mass is 10.1. The van der Waals surface area contributed by atoms with E-state index < -0.39 is 33.6 Å². The van der Waals surface area contributed by atoms with Gasteiger partial charge in [0, 0.05) is 22.5 Å². The predicted molar refractivity (Wildman–Crippen MR) is 125 cm³/mol.